The fraction of sp³-hybridized carbons (Fsp3) is 0.458. The topological polar surface area (TPSA) is 62.5 Å². The normalized spacial score (nSPS) is 11.1. The van der Waals surface area contributed by atoms with Crippen molar-refractivity contribution in [2.75, 3.05) is 6.61 Å². The van der Waals surface area contributed by atoms with Crippen LogP contribution in [0.2, 0.25) is 0 Å². The van der Waals surface area contributed by atoms with E-state index >= 15 is 0 Å². The molecule has 0 atom stereocenters. The number of halogens is 1. The van der Waals surface area contributed by atoms with Gasteiger partial charge in [-0.3, -0.25) is 0 Å². The van der Waals surface area contributed by atoms with E-state index in [4.69, 9.17) is 14.7 Å². The van der Waals surface area contributed by atoms with Crippen molar-refractivity contribution in [3.05, 3.63) is 53.3 Å². The molecule has 0 aliphatic carbocycles. The van der Waals surface area contributed by atoms with Crippen molar-refractivity contribution < 1.29 is 19.0 Å². The Hall–Kier alpha value is -2.74. The first kappa shape index (κ1) is 22.5. The third kappa shape index (κ3) is 7.30. The third-order valence-electron chi connectivity index (χ3n) is 4.84. The molecule has 0 unspecified atom stereocenters. The summed E-state index contributed by atoms with van der Waals surface area (Å²) in [4.78, 5) is 0. The Balaban J connectivity index is 1.87. The van der Waals surface area contributed by atoms with Gasteiger partial charge in [-0.25, -0.2) is 4.39 Å². The van der Waals surface area contributed by atoms with Crippen LogP contribution < -0.4 is 9.47 Å². The molecule has 5 heteroatoms. The van der Waals surface area contributed by atoms with Crippen LogP contribution in [0.5, 0.6) is 17.2 Å². The zero-order valence-electron chi connectivity index (χ0n) is 17.5. The minimum Gasteiger partial charge on any atom is -0.504 e. The van der Waals surface area contributed by atoms with Gasteiger partial charge in [0.25, 0.3) is 0 Å². The van der Waals surface area contributed by atoms with Gasteiger partial charge in [-0.1, -0.05) is 31.9 Å². The Labute approximate surface area is 172 Å². The number of unbranched alkanes of at least 4 members (excludes halogenated alkanes) is 2. The monoisotopic (exact) mass is 399 g/mol. The van der Waals surface area contributed by atoms with Crippen LogP contribution >= 0.6 is 0 Å². The van der Waals surface area contributed by atoms with Crippen LogP contribution in [0.4, 0.5) is 4.39 Å². The van der Waals surface area contributed by atoms with Gasteiger partial charge in [0.05, 0.1) is 18.1 Å². The van der Waals surface area contributed by atoms with Crippen LogP contribution in [0.25, 0.3) is 0 Å². The minimum absolute atomic E-state index is 0.0232. The molecule has 156 valence electrons. The number of phenols is 1. The second-order valence-electron chi connectivity index (χ2n) is 7.85. The van der Waals surface area contributed by atoms with Crippen LogP contribution in [0.1, 0.15) is 57.6 Å². The van der Waals surface area contributed by atoms with E-state index in [9.17, 15) is 9.50 Å². The average Bonchev–Trinajstić information content (AvgIpc) is 2.71. The molecule has 0 amide bonds. The van der Waals surface area contributed by atoms with E-state index < -0.39 is 0 Å². The first-order valence-electron chi connectivity index (χ1n) is 10.1. The number of hydrogen-bond donors (Lipinski definition) is 1. The molecule has 2 aromatic rings. The predicted octanol–water partition coefficient (Wildman–Crippen LogP) is 6.16. The molecule has 0 aromatic heterocycles. The van der Waals surface area contributed by atoms with Crippen molar-refractivity contribution in [3.63, 3.8) is 0 Å². The number of aromatic hydroxyl groups is 1. The highest BCUT2D eigenvalue weighted by Crippen LogP contribution is 2.35. The first-order valence-corrected chi connectivity index (χ1v) is 10.1. The molecular weight excluding hydrogens is 369 g/mol. The number of hydrogen-bond acceptors (Lipinski definition) is 4. The number of phenolic OH excluding ortho intramolecular Hbond substituents is 1. The van der Waals surface area contributed by atoms with Gasteiger partial charge >= 0.3 is 0 Å². The van der Waals surface area contributed by atoms with Gasteiger partial charge in [0.15, 0.2) is 11.5 Å². The van der Waals surface area contributed by atoms with Gasteiger partial charge in [0, 0.05) is 6.07 Å². The molecule has 0 aliphatic rings. The molecule has 29 heavy (non-hydrogen) atoms. The van der Waals surface area contributed by atoms with Crippen molar-refractivity contribution in [3.8, 4) is 23.3 Å². The van der Waals surface area contributed by atoms with E-state index in [1.54, 1.807) is 24.3 Å². The Morgan fingerprint density at radius 1 is 1.03 bits per heavy atom. The summed E-state index contributed by atoms with van der Waals surface area (Å²) in [7, 11) is 0. The Kier molecular flexibility index (Phi) is 8.33. The number of nitrogens with zero attached hydrogens (tertiary/aromatic N) is 1. The number of rotatable bonds is 11. The van der Waals surface area contributed by atoms with Crippen molar-refractivity contribution >= 4 is 0 Å². The fourth-order valence-corrected chi connectivity index (χ4v) is 2.94. The van der Waals surface area contributed by atoms with E-state index in [0.717, 1.165) is 43.2 Å². The highest BCUT2D eigenvalue weighted by Gasteiger charge is 2.15. The summed E-state index contributed by atoms with van der Waals surface area (Å²) in [6.45, 7) is 6.75. The van der Waals surface area contributed by atoms with Crippen LogP contribution in [-0.4, -0.2) is 11.7 Å². The first-order chi connectivity index (χ1) is 13.8. The molecular formula is C24H30FNO3. The quantitative estimate of drug-likeness (QED) is 0.460. The van der Waals surface area contributed by atoms with E-state index in [0.29, 0.717) is 18.1 Å². The number of benzene rings is 2. The van der Waals surface area contributed by atoms with Gasteiger partial charge in [0.1, 0.15) is 18.2 Å². The zero-order chi connectivity index (χ0) is 21.3. The molecule has 4 nitrogen and oxygen atoms in total. The van der Waals surface area contributed by atoms with Crippen LogP contribution in [0, 0.1) is 22.6 Å². The van der Waals surface area contributed by atoms with Gasteiger partial charge in [-0.2, -0.15) is 5.26 Å². The van der Waals surface area contributed by atoms with Crippen molar-refractivity contribution in [1.29, 1.82) is 5.26 Å². The van der Waals surface area contributed by atoms with Gasteiger partial charge in [-0.15, -0.1) is 0 Å². The van der Waals surface area contributed by atoms with Crippen molar-refractivity contribution in [2.45, 2.75) is 59.5 Å². The largest absolute Gasteiger partial charge is 0.504 e. The lowest BCUT2D eigenvalue weighted by Crippen LogP contribution is -2.07. The highest BCUT2D eigenvalue weighted by molar-refractivity contribution is 5.50. The minimum atomic E-state index is -0.292. The molecule has 2 aromatic carbocycles. The predicted molar refractivity (Wildman–Crippen MR) is 112 cm³/mol. The van der Waals surface area contributed by atoms with E-state index in [-0.39, 0.29) is 23.6 Å². The second-order valence-corrected chi connectivity index (χ2v) is 7.85. The van der Waals surface area contributed by atoms with Crippen LogP contribution in [0.3, 0.4) is 0 Å². The zero-order valence-corrected chi connectivity index (χ0v) is 17.5. The summed E-state index contributed by atoms with van der Waals surface area (Å²) in [5.41, 5.74) is 1.51. The Bertz CT molecular complexity index is 825. The Morgan fingerprint density at radius 2 is 1.76 bits per heavy atom. The average molecular weight is 400 g/mol. The fourth-order valence-electron chi connectivity index (χ4n) is 2.94. The maximum absolute atomic E-state index is 13.0. The smallest absolute Gasteiger partial charge is 0.161 e. The molecule has 0 saturated heterocycles. The lowest BCUT2D eigenvalue weighted by atomic mass is 9.89. The van der Waals surface area contributed by atoms with Gasteiger partial charge < -0.3 is 14.6 Å². The van der Waals surface area contributed by atoms with Gasteiger partial charge in [0.2, 0.25) is 0 Å². The third-order valence-corrected chi connectivity index (χ3v) is 4.84. The Morgan fingerprint density at radius 3 is 2.41 bits per heavy atom. The molecule has 0 spiro atoms. The molecule has 2 rings (SSSR count). The highest BCUT2D eigenvalue weighted by atomic mass is 19.1. The van der Waals surface area contributed by atoms with E-state index in [1.165, 1.54) is 12.1 Å². The van der Waals surface area contributed by atoms with Crippen LogP contribution in [0.15, 0.2) is 36.4 Å². The summed E-state index contributed by atoms with van der Waals surface area (Å²) in [6, 6.07) is 11.8. The lowest BCUT2D eigenvalue weighted by molar-refractivity contribution is 0.279. The van der Waals surface area contributed by atoms with Crippen LogP contribution in [-0.2, 0) is 13.0 Å². The van der Waals surface area contributed by atoms with E-state index in [2.05, 4.69) is 6.07 Å². The molecule has 0 radical (unpaired) electrons. The molecule has 0 fully saturated rings. The maximum Gasteiger partial charge on any atom is 0.161 e. The molecule has 0 bridgehead atoms. The van der Waals surface area contributed by atoms with E-state index in [1.807, 2.05) is 20.8 Å². The van der Waals surface area contributed by atoms with Gasteiger partial charge in [-0.05, 0) is 62.4 Å². The maximum atomic E-state index is 13.0. The summed E-state index contributed by atoms with van der Waals surface area (Å²) in [5.74, 6) is 0.781. The SMILES string of the molecule is CCc1cc(OCc2ccc(F)cc2)c(O)cc1OCCCCCC(C)(C)C#N. The summed E-state index contributed by atoms with van der Waals surface area (Å²) in [6.07, 6.45) is 4.51. The second kappa shape index (κ2) is 10.7. The van der Waals surface area contributed by atoms with Crippen molar-refractivity contribution in [2.24, 2.45) is 5.41 Å². The summed E-state index contributed by atoms with van der Waals surface area (Å²) >= 11 is 0. The molecule has 1 N–H and O–H groups in total. The lowest BCUT2D eigenvalue weighted by Gasteiger charge is -2.16. The number of aryl methyl sites for hydroxylation is 1. The summed E-state index contributed by atoms with van der Waals surface area (Å²) in [5, 5.41) is 19.3. The van der Waals surface area contributed by atoms with Crippen molar-refractivity contribution in [1.82, 2.24) is 0 Å². The molecule has 0 saturated carbocycles. The summed E-state index contributed by atoms with van der Waals surface area (Å²) < 4.78 is 24.6. The molecule has 0 aliphatic heterocycles. The number of ether oxygens (including phenoxy) is 2. The molecule has 0 heterocycles. The number of nitriles is 1. The standard InChI is InChI=1S/C24H30FNO3/c1-4-19-14-23(29-16-18-8-10-20(25)11-9-18)21(27)15-22(19)28-13-7-5-6-12-24(2,3)17-26/h8-11,14-15,27H,4-7,12-13,16H2,1-3H3.